The van der Waals surface area contributed by atoms with Crippen LogP contribution in [0.15, 0.2) is 53.6 Å². The molecule has 0 aliphatic heterocycles. The molecule has 31 heavy (non-hydrogen) atoms. The first kappa shape index (κ1) is 22.4. The largest absolute Gasteiger partial charge is 0.351 e. The second-order valence-electron chi connectivity index (χ2n) is 7.16. The summed E-state index contributed by atoms with van der Waals surface area (Å²) in [4.78, 5) is 28.9. The van der Waals surface area contributed by atoms with Crippen LogP contribution in [0.5, 0.6) is 0 Å². The number of nitrogens with one attached hydrogen (secondary N) is 2. The van der Waals surface area contributed by atoms with E-state index in [9.17, 15) is 18.0 Å². The van der Waals surface area contributed by atoms with Crippen molar-refractivity contribution < 1.29 is 18.0 Å². The number of pyridine rings is 1. The highest BCUT2D eigenvalue weighted by Gasteiger charge is 2.15. The Morgan fingerprint density at radius 2 is 1.81 bits per heavy atom. The second kappa shape index (κ2) is 9.71. The summed E-state index contributed by atoms with van der Waals surface area (Å²) in [5, 5.41) is 10.7. The highest BCUT2D eigenvalue weighted by atomic mass is 32.2. The summed E-state index contributed by atoms with van der Waals surface area (Å²) in [5.41, 5.74) is 2.45. The van der Waals surface area contributed by atoms with Gasteiger partial charge >= 0.3 is 0 Å². The van der Waals surface area contributed by atoms with E-state index in [0.717, 1.165) is 18.5 Å². The molecule has 164 valence electrons. The van der Waals surface area contributed by atoms with E-state index in [0.29, 0.717) is 36.5 Å². The van der Waals surface area contributed by atoms with E-state index < -0.39 is 10.0 Å². The van der Waals surface area contributed by atoms with Gasteiger partial charge in [-0.3, -0.25) is 14.0 Å². The molecule has 0 aliphatic rings. The van der Waals surface area contributed by atoms with Crippen molar-refractivity contribution in [2.45, 2.75) is 37.5 Å². The molecule has 2 aromatic heterocycles. The minimum Gasteiger partial charge on any atom is -0.351 e. The monoisotopic (exact) mass is 443 g/mol. The molecule has 9 nitrogen and oxygen atoms in total. The number of anilines is 1. The first-order valence-electron chi connectivity index (χ1n) is 9.90. The zero-order valence-corrected chi connectivity index (χ0v) is 18.0. The molecule has 2 heterocycles. The van der Waals surface area contributed by atoms with Crippen LogP contribution < -0.4 is 15.8 Å². The van der Waals surface area contributed by atoms with Gasteiger partial charge in [0.25, 0.3) is 5.91 Å². The summed E-state index contributed by atoms with van der Waals surface area (Å²) < 4.78 is 24.2. The number of primary sulfonamides is 1. The first-order chi connectivity index (χ1) is 14.8. The van der Waals surface area contributed by atoms with Gasteiger partial charge in [-0.15, -0.1) is 0 Å². The number of aromatic nitrogens is 2. The van der Waals surface area contributed by atoms with Crippen LogP contribution in [-0.2, 0) is 14.8 Å². The highest BCUT2D eigenvalue weighted by Crippen LogP contribution is 2.14. The Bertz CT molecular complexity index is 1190. The molecule has 0 saturated heterocycles. The normalized spacial score (nSPS) is 11.4. The maximum atomic E-state index is 12.5. The van der Waals surface area contributed by atoms with Crippen LogP contribution in [-0.4, -0.2) is 36.2 Å². The molecule has 2 amide bonds. The third-order valence-corrected chi connectivity index (χ3v) is 5.68. The van der Waals surface area contributed by atoms with Crippen molar-refractivity contribution in [2.24, 2.45) is 5.14 Å². The van der Waals surface area contributed by atoms with Crippen LogP contribution >= 0.6 is 0 Å². The zero-order chi connectivity index (χ0) is 22.4. The summed E-state index contributed by atoms with van der Waals surface area (Å²) in [6, 6.07) is 11.3. The molecule has 10 heteroatoms. The van der Waals surface area contributed by atoms with Gasteiger partial charge in [0.15, 0.2) is 0 Å². The third kappa shape index (κ3) is 5.89. The number of unbranched alkanes of at least 4 members (excludes halogenated alkanes) is 2. The van der Waals surface area contributed by atoms with Gasteiger partial charge in [-0.05, 0) is 56.2 Å². The number of fused-ring (bicyclic) bond motifs is 1. The lowest BCUT2D eigenvalue weighted by molar-refractivity contribution is -0.116. The summed E-state index contributed by atoms with van der Waals surface area (Å²) >= 11 is 0. The molecular formula is C21H25N5O4S. The van der Waals surface area contributed by atoms with E-state index in [4.69, 9.17) is 5.14 Å². The Hall–Kier alpha value is -3.24. The van der Waals surface area contributed by atoms with Crippen LogP contribution in [0.25, 0.3) is 5.65 Å². The molecule has 0 bridgehead atoms. The number of carbonyl (C=O) groups excluding carboxylic acids is 2. The number of nitrogens with zero attached hydrogens (tertiary/aromatic N) is 2. The number of imidazole rings is 1. The van der Waals surface area contributed by atoms with Crippen LogP contribution in [0.4, 0.5) is 5.69 Å². The van der Waals surface area contributed by atoms with Crippen LogP contribution in [0, 0.1) is 6.92 Å². The predicted molar refractivity (Wildman–Crippen MR) is 117 cm³/mol. The van der Waals surface area contributed by atoms with Crippen molar-refractivity contribution >= 4 is 33.2 Å². The predicted octanol–water partition coefficient (Wildman–Crippen LogP) is 2.22. The topological polar surface area (TPSA) is 136 Å². The Labute approximate surface area is 180 Å². The van der Waals surface area contributed by atoms with Crippen LogP contribution in [0.2, 0.25) is 0 Å². The smallest absolute Gasteiger partial charge is 0.270 e. The average molecular weight is 444 g/mol. The lowest BCUT2D eigenvalue weighted by atomic mass is 10.2. The molecule has 1 aromatic carbocycles. The molecule has 0 aliphatic carbocycles. The Morgan fingerprint density at radius 1 is 1.06 bits per heavy atom. The molecule has 0 radical (unpaired) electrons. The molecular weight excluding hydrogens is 418 g/mol. The molecule has 4 N–H and O–H groups in total. The number of benzene rings is 1. The van der Waals surface area contributed by atoms with Crippen molar-refractivity contribution in [3.63, 3.8) is 0 Å². The fourth-order valence-corrected chi connectivity index (χ4v) is 3.73. The lowest BCUT2D eigenvalue weighted by Gasteiger charge is -2.07. The van der Waals surface area contributed by atoms with E-state index >= 15 is 0 Å². The molecule has 0 atom stereocenters. The van der Waals surface area contributed by atoms with Crippen LogP contribution in [0.1, 0.15) is 41.9 Å². The van der Waals surface area contributed by atoms with E-state index in [2.05, 4.69) is 15.6 Å². The van der Waals surface area contributed by atoms with Gasteiger partial charge < -0.3 is 10.6 Å². The van der Waals surface area contributed by atoms with E-state index in [1.165, 1.54) is 24.3 Å². The standard InChI is InChI=1S/C21H25N5O4S/c1-15-20(26-14-6-4-7-18(26)24-15)21(28)23-13-5-2-3-8-19(27)25-16-9-11-17(12-10-16)31(22,29)30/h4,6-7,9-12,14H,2-3,5,8,13H2,1H3,(H,23,28)(H,25,27)(H2,22,29,30). The first-order valence-corrected chi connectivity index (χ1v) is 11.4. The number of aryl methyl sites for hydroxylation is 1. The Balaban J connectivity index is 1.37. The maximum Gasteiger partial charge on any atom is 0.270 e. The van der Waals surface area contributed by atoms with E-state index in [-0.39, 0.29) is 16.7 Å². The fourth-order valence-electron chi connectivity index (χ4n) is 3.21. The Morgan fingerprint density at radius 3 is 2.52 bits per heavy atom. The number of carbonyl (C=O) groups is 2. The SMILES string of the molecule is Cc1nc2ccccn2c1C(=O)NCCCCCC(=O)Nc1ccc(S(N)(=O)=O)cc1. The van der Waals surface area contributed by atoms with Gasteiger partial charge in [0, 0.05) is 24.8 Å². The van der Waals surface area contributed by atoms with Crippen molar-refractivity contribution in [3.05, 3.63) is 60.0 Å². The Kier molecular flexibility index (Phi) is 7.03. The van der Waals surface area contributed by atoms with Crippen molar-refractivity contribution in [1.82, 2.24) is 14.7 Å². The fraction of sp³-hybridized carbons (Fsp3) is 0.286. The zero-order valence-electron chi connectivity index (χ0n) is 17.2. The molecule has 0 unspecified atom stereocenters. The van der Waals surface area contributed by atoms with Gasteiger partial charge in [0.05, 0.1) is 10.6 Å². The number of hydrogen-bond acceptors (Lipinski definition) is 5. The molecule has 0 fully saturated rings. The number of rotatable bonds is 9. The van der Waals surface area contributed by atoms with Gasteiger partial charge in [0.2, 0.25) is 15.9 Å². The quantitative estimate of drug-likeness (QED) is 0.436. The number of nitrogens with two attached hydrogens (primary N) is 1. The molecule has 0 spiro atoms. The third-order valence-electron chi connectivity index (χ3n) is 4.75. The summed E-state index contributed by atoms with van der Waals surface area (Å²) in [5.74, 6) is -0.328. The van der Waals surface area contributed by atoms with Gasteiger partial charge in [-0.25, -0.2) is 18.5 Å². The van der Waals surface area contributed by atoms with Crippen molar-refractivity contribution in [1.29, 1.82) is 0 Å². The van der Waals surface area contributed by atoms with Gasteiger partial charge in [0.1, 0.15) is 11.3 Å². The summed E-state index contributed by atoms with van der Waals surface area (Å²) in [6.45, 7) is 2.32. The summed E-state index contributed by atoms with van der Waals surface area (Å²) in [6.07, 6.45) is 4.34. The van der Waals surface area contributed by atoms with E-state index in [1.54, 1.807) is 4.40 Å². The number of amides is 2. The van der Waals surface area contributed by atoms with E-state index in [1.807, 2.05) is 31.3 Å². The van der Waals surface area contributed by atoms with Gasteiger partial charge in [-0.2, -0.15) is 0 Å². The van der Waals surface area contributed by atoms with Gasteiger partial charge in [-0.1, -0.05) is 12.5 Å². The molecule has 3 aromatic rings. The molecule has 0 saturated carbocycles. The van der Waals surface area contributed by atoms with Crippen molar-refractivity contribution in [2.75, 3.05) is 11.9 Å². The van der Waals surface area contributed by atoms with Crippen LogP contribution in [0.3, 0.4) is 0 Å². The van der Waals surface area contributed by atoms with Crippen molar-refractivity contribution in [3.8, 4) is 0 Å². The average Bonchev–Trinajstić information content (AvgIpc) is 3.06. The molecule has 3 rings (SSSR count). The minimum atomic E-state index is -3.75. The maximum absolute atomic E-state index is 12.5. The minimum absolute atomic E-state index is 0.00772. The number of sulfonamides is 1. The highest BCUT2D eigenvalue weighted by molar-refractivity contribution is 7.89. The number of hydrogen-bond donors (Lipinski definition) is 3. The summed E-state index contributed by atoms with van der Waals surface area (Å²) in [7, 11) is -3.75. The second-order valence-corrected chi connectivity index (χ2v) is 8.72. The lowest BCUT2D eigenvalue weighted by Crippen LogP contribution is -2.26.